The summed E-state index contributed by atoms with van der Waals surface area (Å²) in [5.41, 5.74) is 0.876. The zero-order valence-electron chi connectivity index (χ0n) is 11.8. The van der Waals surface area contributed by atoms with Crippen LogP contribution in [-0.4, -0.2) is 22.7 Å². The van der Waals surface area contributed by atoms with Crippen molar-refractivity contribution < 1.29 is 9.47 Å². The van der Waals surface area contributed by atoms with Crippen molar-refractivity contribution in [1.29, 1.82) is 0 Å². The van der Waals surface area contributed by atoms with Gasteiger partial charge in [0.15, 0.2) is 0 Å². The molecule has 1 aromatic heterocycles. The lowest BCUT2D eigenvalue weighted by Crippen LogP contribution is -2.10. The van der Waals surface area contributed by atoms with E-state index in [0.29, 0.717) is 18.7 Å². The second-order valence-electron chi connectivity index (χ2n) is 5.25. The Bertz CT molecular complexity index is 580. The van der Waals surface area contributed by atoms with Crippen LogP contribution in [0.4, 0.5) is 0 Å². The SMILES string of the molecule is CCCOc1ncc2ccc(OC3CCCC3)cc2n1. The Hall–Kier alpha value is -1.84. The minimum atomic E-state index is 0.366. The van der Waals surface area contributed by atoms with Crippen LogP contribution in [0.15, 0.2) is 24.4 Å². The molecular weight excluding hydrogens is 252 g/mol. The van der Waals surface area contributed by atoms with Crippen LogP contribution in [0.25, 0.3) is 10.9 Å². The summed E-state index contributed by atoms with van der Waals surface area (Å²) in [5.74, 6) is 0.893. The van der Waals surface area contributed by atoms with Gasteiger partial charge < -0.3 is 9.47 Å². The van der Waals surface area contributed by atoms with Gasteiger partial charge in [0.25, 0.3) is 0 Å². The molecule has 0 amide bonds. The molecule has 0 bridgehead atoms. The van der Waals surface area contributed by atoms with Gasteiger partial charge in [-0.1, -0.05) is 6.92 Å². The van der Waals surface area contributed by atoms with E-state index in [9.17, 15) is 0 Å². The Kier molecular flexibility index (Phi) is 4.00. The molecule has 0 atom stereocenters. The first-order valence-corrected chi connectivity index (χ1v) is 7.41. The number of hydrogen-bond acceptors (Lipinski definition) is 4. The molecule has 20 heavy (non-hydrogen) atoms. The van der Waals surface area contributed by atoms with Gasteiger partial charge in [-0.2, -0.15) is 4.98 Å². The molecule has 1 aliphatic rings. The molecule has 0 aliphatic heterocycles. The molecule has 1 fully saturated rings. The van der Waals surface area contributed by atoms with Gasteiger partial charge in [-0.15, -0.1) is 0 Å². The van der Waals surface area contributed by atoms with E-state index in [1.807, 2.05) is 18.2 Å². The largest absolute Gasteiger partial charge is 0.490 e. The van der Waals surface area contributed by atoms with Gasteiger partial charge in [-0.05, 0) is 44.2 Å². The van der Waals surface area contributed by atoms with Crippen molar-refractivity contribution in [3.63, 3.8) is 0 Å². The third-order valence-corrected chi connectivity index (χ3v) is 3.57. The third-order valence-electron chi connectivity index (χ3n) is 3.57. The van der Waals surface area contributed by atoms with E-state index in [-0.39, 0.29) is 0 Å². The number of rotatable bonds is 5. The maximum absolute atomic E-state index is 6.00. The van der Waals surface area contributed by atoms with Gasteiger partial charge in [0.2, 0.25) is 0 Å². The molecule has 1 aliphatic carbocycles. The summed E-state index contributed by atoms with van der Waals surface area (Å²) in [5, 5.41) is 1.01. The smallest absolute Gasteiger partial charge is 0.316 e. The van der Waals surface area contributed by atoms with Gasteiger partial charge in [0.05, 0.1) is 18.2 Å². The first-order valence-electron chi connectivity index (χ1n) is 7.41. The summed E-state index contributed by atoms with van der Waals surface area (Å²) in [6.07, 6.45) is 7.98. The Labute approximate surface area is 119 Å². The van der Waals surface area contributed by atoms with Gasteiger partial charge >= 0.3 is 6.01 Å². The lowest BCUT2D eigenvalue weighted by Gasteiger charge is -2.13. The van der Waals surface area contributed by atoms with E-state index >= 15 is 0 Å². The highest BCUT2D eigenvalue weighted by Gasteiger charge is 2.16. The molecule has 3 rings (SSSR count). The lowest BCUT2D eigenvalue weighted by atomic mass is 10.2. The molecule has 2 aromatic rings. The van der Waals surface area contributed by atoms with Crippen LogP contribution < -0.4 is 9.47 Å². The molecule has 4 nitrogen and oxygen atoms in total. The maximum atomic E-state index is 6.00. The summed E-state index contributed by atoms with van der Waals surface area (Å²) in [6, 6.07) is 6.42. The Morgan fingerprint density at radius 3 is 2.90 bits per heavy atom. The number of nitrogens with zero attached hydrogens (tertiary/aromatic N) is 2. The average molecular weight is 272 g/mol. The van der Waals surface area contributed by atoms with Crippen molar-refractivity contribution >= 4 is 10.9 Å². The molecule has 0 N–H and O–H groups in total. The number of fused-ring (bicyclic) bond motifs is 1. The fourth-order valence-electron chi connectivity index (χ4n) is 2.52. The quantitative estimate of drug-likeness (QED) is 0.831. The summed E-state index contributed by atoms with van der Waals surface area (Å²) in [6.45, 7) is 2.71. The van der Waals surface area contributed by atoms with Gasteiger partial charge in [-0.25, -0.2) is 4.98 Å². The zero-order chi connectivity index (χ0) is 13.8. The van der Waals surface area contributed by atoms with Crippen molar-refractivity contribution in [1.82, 2.24) is 9.97 Å². The van der Waals surface area contributed by atoms with E-state index in [4.69, 9.17) is 9.47 Å². The fraction of sp³-hybridized carbons (Fsp3) is 0.500. The summed E-state index contributed by atoms with van der Waals surface area (Å²) >= 11 is 0. The molecule has 0 radical (unpaired) electrons. The average Bonchev–Trinajstić information content (AvgIpc) is 2.97. The molecule has 0 spiro atoms. The molecule has 106 valence electrons. The number of benzene rings is 1. The number of ether oxygens (including phenoxy) is 2. The minimum Gasteiger partial charge on any atom is -0.490 e. The maximum Gasteiger partial charge on any atom is 0.316 e. The van der Waals surface area contributed by atoms with Crippen molar-refractivity contribution in [2.45, 2.75) is 45.1 Å². The van der Waals surface area contributed by atoms with Gasteiger partial charge in [0.1, 0.15) is 5.75 Å². The van der Waals surface area contributed by atoms with E-state index in [1.165, 1.54) is 12.8 Å². The van der Waals surface area contributed by atoms with Crippen molar-refractivity contribution in [3.05, 3.63) is 24.4 Å². The Morgan fingerprint density at radius 1 is 1.25 bits per heavy atom. The van der Waals surface area contributed by atoms with Crippen LogP contribution in [-0.2, 0) is 0 Å². The monoisotopic (exact) mass is 272 g/mol. The molecule has 1 saturated carbocycles. The standard InChI is InChI=1S/C16H20N2O2/c1-2-9-19-16-17-11-12-7-8-14(10-15(12)18-16)20-13-5-3-4-6-13/h7-8,10-11,13H,2-6,9H2,1H3. The summed E-state index contributed by atoms with van der Waals surface area (Å²) in [4.78, 5) is 8.64. The topological polar surface area (TPSA) is 44.2 Å². The Balaban J connectivity index is 1.80. The van der Waals surface area contributed by atoms with E-state index in [2.05, 4.69) is 16.9 Å². The molecule has 0 saturated heterocycles. The van der Waals surface area contributed by atoms with E-state index in [1.54, 1.807) is 6.20 Å². The molecular formula is C16H20N2O2. The van der Waals surface area contributed by atoms with Crippen molar-refractivity contribution in [2.75, 3.05) is 6.61 Å². The highest BCUT2D eigenvalue weighted by Crippen LogP contribution is 2.26. The molecule has 0 unspecified atom stereocenters. The van der Waals surface area contributed by atoms with Crippen LogP contribution >= 0.6 is 0 Å². The molecule has 4 heteroatoms. The highest BCUT2D eigenvalue weighted by atomic mass is 16.5. The number of hydrogen-bond donors (Lipinski definition) is 0. The third kappa shape index (κ3) is 3.00. The zero-order valence-corrected chi connectivity index (χ0v) is 11.8. The molecule has 1 aromatic carbocycles. The second-order valence-corrected chi connectivity index (χ2v) is 5.25. The molecule has 1 heterocycles. The minimum absolute atomic E-state index is 0.366. The second kappa shape index (κ2) is 6.07. The first-order chi connectivity index (χ1) is 9.85. The van der Waals surface area contributed by atoms with Crippen LogP contribution in [0.2, 0.25) is 0 Å². The van der Waals surface area contributed by atoms with Crippen molar-refractivity contribution in [3.8, 4) is 11.8 Å². The Morgan fingerprint density at radius 2 is 2.10 bits per heavy atom. The normalized spacial score (nSPS) is 15.7. The van der Waals surface area contributed by atoms with Crippen LogP contribution in [0.3, 0.4) is 0 Å². The first kappa shape index (κ1) is 13.2. The number of aromatic nitrogens is 2. The summed E-state index contributed by atoms with van der Waals surface area (Å²) in [7, 11) is 0. The van der Waals surface area contributed by atoms with Crippen LogP contribution in [0, 0.1) is 0 Å². The van der Waals surface area contributed by atoms with Crippen LogP contribution in [0.1, 0.15) is 39.0 Å². The van der Waals surface area contributed by atoms with Gasteiger partial charge in [-0.3, -0.25) is 0 Å². The lowest BCUT2D eigenvalue weighted by molar-refractivity contribution is 0.210. The summed E-state index contributed by atoms with van der Waals surface area (Å²) < 4.78 is 11.5. The van der Waals surface area contributed by atoms with E-state index in [0.717, 1.165) is 35.9 Å². The van der Waals surface area contributed by atoms with E-state index < -0.39 is 0 Å². The fourth-order valence-corrected chi connectivity index (χ4v) is 2.52. The van der Waals surface area contributed by atoms with Crippen LogP contribution in [0.5, 0.6) is 11.8 Å². The highest BCUT2D eigenvalue weighted by molar-refractivity contribution is 5.79. The van der Waals surface area contributed by atoms with Gasteiger partial charge in [0, 0.05) is 17.6 Å². The van der Waals surface area contributed by atoms with Crippen molar-refractivity contribution in [2.24, 2.45) is 0 Å². The predicted molar refractivity (Wildman–Crippen MR) is 78.2 cm³/mol. The predicted octanol–water partition coefficient (Wildman–Crippen LogP) is 3.74.